The van der Waals surface area contributed by atoms with Crippen molar-refractivity contribution in [3.63, 3.8) is 0 Å². The minimum absolute atomic E-state index is 0.0719. The molecule has 0 heterocycles. The number of unbranched alkanes of at least 4 members (excludes halogenated alkanes) is 1. The molecular weight excluding hydrogens is 392 g/mol. The molecule has 1 rings (SSSR count). The second-order valence-corrected chi connectivity index (χ2v) is 9.30. The lowest BCUT2D eigenvalue weighted by Crippen LogP contribution is -2.39. The highest BCUT2D eigenvalue weighted by molar-refractivity contribution is 7.89. The van der Waals surface area contributed by atoms with Gasteiger partial charge in [-0.1, -0.05) is 17.7 Å². The Kier molecular flexibility index (Phi) is 8.71. The topological polar surface area (TPSA) is 102 Å². The summed E-state index contributed by atoms with van der Waals surface area (Å²) < 4.78 is 32.2. The van der Waals surface area contributed by atoms with E-state index in [4.69, 9.17) is 16.3 Å². The van der Waals surface area contributed by atoms with Gasteiger partial charge in [-0.05, 0) is 70.7 Å². The van der Waals surface area contributed by atoms with Gasteiger partial charge in [0.1, 0.15) is 5.60 Å². The standard InChI is InChI=1S/C18H27ClN2O5S/c1-13-8-10-14(11-9-13)27(24,25)21-15(16(19)22)7-5-6-12-20-17(23)26-18(2,3)4/h8-11,15,21H,5-7,12H2,1-4H3,(H,20,23)/t15-/m0/s1. The van der Waals surface area contributed by atoms with Gasteiger partial charge >= 0.3 is 6.09 Å². The fourth-order valence-electron chi connectivity index (χ4n) is 2.17. The summed E-state index contributed by atoms with van der Waals surface area (Å²) in [6.45, 7) is 7.50. The van der Waals surface area contributed by atoms with Crippen molar-refractivity contribution in [3.8, 4) is 0 Å². The van der Waals surface area contributed by atoms with Crippen LogP contribution in [0, 0.1) is 6.92 Å². The molecule has 0 saturated carbocycles. The molecule has 0 aliphatic heterocycles. The number of hydrogen-bond acceptors (Lipinski definition) is 5. The van der Waals surface area contributed by atoms with E-state index >= 15 is 0 Å². The summed E-state index contributed by atoms with van der Waals surface area (Å²) in [5, 5.41) is 1.83. The Morgan fingerprint density at radius 2 is 1.74 bits per heavy atom. The molecule has 1 aromatic carbocycles. The van der Waals surface area contributed by atoms with Crippen molar-refractivity contribution in [1.82, 2.24) is 10.0 Å². The van der Waals surface area contributed by atoms with Crippen LogP contribution in [0.1, 0.15) is 45.6 Å². The Bertz CT molecular complexity index is 742. The molecule has 0 unspecified atom stereocenters. The van der Waals surface area contributed by atoms with E-state index < -0.39 is 33.0 Å². The molecule has 27 heavy (non-hydrogen) atoms. The summed E-state index contributed by atoms with van der Waals surface area (Å²) in [5.74, 6) is 0. The maximum Gasteiger partial charge on any atom is 0.407 e. The number of halogens is 1. The van der Waals surface area contributed by atoms with Gasteiger partial charge in [0, 0.05) is 6.54 Å². The predicted molar refractivity (Wildman–Crippen MR) is 104 cm³/mol. The van der Waals surface area contributed by atoms with Gasteiger partial charge in [-0.15, -0.1) is 0 Å². The lowest BCUT2D eigenvalue weighted by molar-refractivity contribution is -0.113. The molecule has 1 aromatic rings. The number of ether oxygens (including phenoxy) is 1. The third kappa shape index (κ3) is 9.21. The molecule has 2 N–H and O–H groups in total. The lowest BCUT2D eigenvalue weighted by Gasteiger charge is -2.19. The summed E-state index contributed by atoms with van der Waals surface area (Å²) >= 11 is 5.54. The van der Waals surface area contributed by atoms with Gasteiger partial charge in [-0.25, -0.2) is 13.2 Å². The first-order valence-electron chi connectivity index (χ1n) is 8.66. The van der Waals surface area contributed by atoms with Crippen molar-refractivity contribution in [2.24, 2.45) is 0 Å². The van der Waals surface area contributed by atoms with E-state index in [1.807, 2.05) is 6.92 Å². The summed E-state index contributed by atoms with van der Waals surface area (Å²) in [6, 6.07) is 5.26. The van der Waals surface area contributed by atoms with Crippen molar-refractivity contribution in [2.45, 2.75) is 63.5 Å². The predicted octanol–water partition coefficient (Wildman–Crippen LogP) is 3.10. The Labute approximate surface area is 165 Å². The smallest absolute Gasteiger partial charge is 0.407 e. The highest BCUT2D eigenvalue weighted by Crippen LogP contribution is 2.13. The van der Waals surface area contributed by atoms with Crippen molar-refractivity contribution in [3.05, 3.63) is 29.8 Å². The maximum absolute atomic E-state index is 12.4. The van der Waals surface area contributed by atoms with Crippen LogP contribution in [0.4, 0.5) is 4.79 Å². The van der Waals surface area contributed by atoms with E-state index in [-0.39, 0.29) is 11.3 Å². The molecule has 0 fully saturated rings. The van der Waals surface area contributed by atoms with Crippen LogP contribution in [-0.2, 0) is 19.6 Å². The first-order chi connectivity index (χ1) is 12.4. The monoisotopic (exact) mass is 418 g/mol. The number of carbonyl (C=O) groups is 2. The van der Waals surface area contributed by atoms with Crippen molar-refractivity contribution >= 4 is 33.0 Å². The zero-order valence-corrected chi connectivity index (χ0v) is 17.6. The van der Waals surface area contributed by atoms with Crippen LogP contribution in [0.2, 0.25) is 0 Å². The van der Waals surface area contributed by atoms with Crippen LogP contribution in [0.25, 0.3) is 0 Å². The average molecular weight is 419 g/mol. The molecule has 0 aliphatic carbocycles. The highest BCUT2D eigenvalue weighted by atomic mass is 35.5. The second-order valence-electron chi connectivity index (χ2n) is 7.22. The van der Waals surface area contributed by atoms with Gasteiger partial charge in [-0.3, -0.25) is 4.79 Å². The van der Waals surface area contributed by atoms with Gasteiger partial charge in [0.15, 0.2) is 0 Å². The van der Waals surface area contributed by atoms with Crippen LogP contribution in [0.15, 0.2) is 29.2 Å². The van der Waals surface area contributed by atoms with Crippen LogP contribution < -0.4 is 10.0 Å². The largest absolute Gasteiger partial charge is 0.444 e. The number of rotatable bonds is 9. The van der Waals surface area contributed by atoms with E-state index in [0.29, 0.717) is 19.4 Å². The number of alkyl carbamates (subject to hydrolysis) is 1. The fraction of sp³-hybridized carbons (Fsp3) is 0.556. The average Bonchev–Trinajstić information content (AvgIpc) is 2.51. The first-order valence-corrected chi connectivity index (χ1v) is 10.5. The molecule has 0 radical (unpaired) electrons. The van der Waals surface area contributed by atoms with Crippen LogP contribution >= 0.6 is 11.6 Å². The van der Waals surface area contributed by atoms with Crippen molar-refractivity contribution in [2.75, 3.05) is 6.54 Å². The molecule has 1 amide bonds. The minimum atomic E-state index is -3.84. The van der Waals surface area contributed by atoms with Crippen LogP contribution in [-0.4, -0.2) is 37.9 Å². The number of nitrogens with one attached hydrogen (secondary N) is 2. The van der Waals surface area contributed by atoms with Gasteiger partial charge in [-0.2, -0.15) is 4.72 Å². The third-order valence-corrected chi connectivity index (χ3v) is 5.24. The molecule has 1 atom stereocenters. The molecule has 0 saturated heterocycles. The molecule has 152 valence electrons. The van der Waals surface area contributed by atoms with Gasteiger partial charge in [0.2, 0.25) is 15.3 Å². The minimum Gasteiger partial charge on any atom is -0.444 e. The molecular formula is C18H27ClN2O5S. The molecule has 0 aliphatic rings. The zero-order chi connectivity index (χ0) is 20.7. The van der Waals surface area contributed by atoms with E-state index in [1.54, 1.807) is 32.9 Å². The van der Waals surface area contributed by atoms with Gasteiger partial charge in [0.05, 0.1) is 10.9 Å². The Hall–Kier alpha value is -1.64. The van der Waals surface area contributed by atoms with E-state index in [0.717, 1.165) is 5.56 Å². The Balaban J connectivity index is 2.49. The van der Waals surface area contributed by atoms with E-state index in [1.165, 1.54) is 12.1 Å². The Morgan fingerprint density at radius 3 is 2.26 bits per heavy atom. The first kappa shape index (κ1) is 23.4. The SMILES string of the molecule is Cc1ccc(S(=O)(=O)N[C@@H](CCCCNC(=O)OC(C)(C)C)C(=O)Cl)cc1. The number of aryl methyl sites for hydroxylation is 1. The van der Waals surface area contributed by atoms with Gasteiger partial charge < -0.3 is 10.1 Å². The fourth-order valence-corrected chi connectivity index (χ4v) is 3.63. The Morgan fingerprint density at radius 1 is 1.15 bits per heavy atom. The number of carbonyl (C=O) groups excluding carboxylic acids is 2. The van der Waals surface area contributed by atoms with Crippen molar-refractivity contribution < 1.29 is 22.7 Å². The number of hydrogen-bond donors (Lipinski definition) is 2. The second kappa shape index (κ2) is 10.1. The third-order valence-electron chi connectivity index (χ3n) is 3.49. The number of sulfonamides is 1. The summed E-state index contributed by atoms with van der Waals surface area (Å²) in [5.41, 5.74) is 0.352. The van der Waals surface area contributed by atoms with E-state index in [9.17, 15) is 18.0 Å². The summed E-state index contributed by atoms with van der Waals surface area (Å²) in [4.78, 5) is 23.2. The normalized spacial score (nSPS) is 13.1. The summed E-state index contributed by atoms with van der Waals surface area (Å²) in [7, 11) is -3.84. The molecule has 0 spiro atoms. The quantitative estimate of drug-likeness (QED) is 0.474. The highest BCUT2D eigenvalue weighted by Gasteiger charge is 2.24. The molecule has 0 aromatic heterocycles. The molecule has 7 nitrogen and oxygen atoms in total. The number of amides is 1. The van der Waals surface area contributed by atoms with E-state index in [2.05, 4.69) is 10.0 Å². The van der Waals surface area contributed by atoms with Crippen LogP contribution in [0.5, 0.6) is 0 Å². The molecule has 0 bridgehead atoms. The molecule has 9 heteroatoms. The van der Waals surface area contributed by atoms with Crippen LogP contribution in [0.3, 0.4) is 0 Å². The van der Waals surface area contributed by atoms with Crippen molar-refractivity contribution in [1.29, 1.82) is 0 Å². The lowest BCUT2D eigenvalue weighted by atomic mass is 10.1. The van der Waals surface area contributed by atoms with Gasteiger partial charge in [0.25, 0.3) is 0 Å². The number of benzene rings is 1. The maximum atomic E-state index is 12.4. The summed E-state index contributed by atoms with van der Waals surface area (Å²) in [6.07, 6.45) is 0.748. The zero-order valence-electron chi connectivity index (χ0n) is 16.0.